The lowest BCUT2D eigenvalue weighted by molar-refractivity contribution is 0.418. The van der Waals surface area contributed by atoms with Gasteiger partial charge >= 0.3 is 0 Å². The van der Waals surface area contributed by atoms with Crippen LogP contribution in [-0.4, -0.2) is 29.8 Å². The van der Waals surface area contributed by atoms with Crippen LogP contribution < -0.4 is 10.6 Å². The van der Waals surface area contributed by atoms with E-state index >= 15 is 0 Å². The molecule has 5 heteroatoms. The zero-order valence-corrected chi connectivity index (χ0v) is 9.39. The lowest BCUT2D eigenvalue weighted by atomic mass is 10.0. The maximum atomic E-state index is 4.73. The number of aromatic nitrogens is 2. The van der Waals surface area contributed by atoms with Gasteiger partial charge in [-0.1, -0.05) is 29.4 Å². The van der Waals surface area contributed by atoms with Gasteiger partial charge < -0.3 is 15.2 Å². The summed E-state index contributed by atoms with van der Waals surface area (Å²) in [7, 11) is 0. The molecule has 1 aliphatic rings. The summed E-state index contributed by atoms with van der Waals surface area (Å²) >= 11 is 0. The molecule has 17 heavy (non-hydrogen) atoms. The summed E-state index contributed by atoms with van der Waals surface area (Å²) in [6.45, 7) is 3.02. The minimum Gasteiger partial charge on any atom is -0.342 e. The molecule has 1 atom stereocenters. The van der Waals surface area contributed by atoms with E-state index in [4.69, 9.17) is 4.52 Å². The highest BCUT2D eigenvalue weighted by Crippen LogP contribution is 2.19. The maximum absolute atomic E-state index is 4.73. The monoisotopic (exact) mass is 230 g/mol. The van der Waals surface area contributed by atoms with Crippen molar-refractivity contribution in [1.82, 2.24) is 20.8 Å². The third-order valence-electron chi connectivity index (χ3n) is 2.97. The molecule has 1 aromatic heterocycles. The molecule has 0 bridgehead atoms. The summed E-state index contributed by atoms with van der Waals surface area (Å²) in [5, 5.41) is 10.7. The predicted molar refractivity (Wildman–Crippen MR) is 63.3 cm³/mol. The zero-order valence-electron chi connectivity index (χ0n) is 9.39. The summed E-state index contributed by atoms with van der Waals surface area (Å²) < 4.78 is 4.73. The minimum atomic E-state index is 0.392. The largest absolute Gasteiger partial charge is 0.342 e. The third-order valence-corrected chi connectivity index (χ3v) is 2.97. The number of hydrogen-bond acceptors (Lipinski definition) is 5. The topological polar surface area (TPSA) is 63.0 Å². The number of piperazine rings is 1. The number of nitrogens with zero attached hydrogens (tertiary/aromatic N) is 2. The van der Waals surface area contributed by atoms with Crippen molar-refractivity contribution in [2.75, 3.05) is 19.6 Å². The molecule has 1 aromatic carbocycles. The van der Waals surface area contributed by atoms with Gasteiger partial charge in [0.1, 0.15) is 0 Å². The molecule has 0 aliphatic carbocycles. The van der Waals surface area contributed by atoms with E-state index in [1.807, 2.05) is 12.1 Å². The second-order valence-corrected chi connectivity index (χ2v) is 4.09. The summed E-state index contributed by atoms with van der Waals surface area (Å²) in [6, 6.07) is 8.66. The Balaban J connectivity index is 1.80. The molecule has 5 nitrogen and oxygen atoms in total. The fourth-order valence-electron chi connectivity index (χ4n) is 2.05. The van der Waals surface area contributed by atoms with Gasteiger partial charge in [-0.3, -0.25) is 0 Å². The van der Waals surface area contributed by atoms with Crippen LogP contribution in [0, 0.1) is 0 Å². The number of hydrogen-bond donors (Lipinski definition) is 2. The predicted octanol–water partition coefficient (Wildman–Crippen LogP) is 0.970. The van der Waals surface area contributed by atoms with Crippen LogP contribution in [0.2, 0.25) is 0 Å². The first-order valence-corrected chi connectivity index (χ1v) is 5.74. The van der Waals surface area contributed by atoms with E-state index in [0.29, 0.717) is 11.9 Å². The van der Waals surface area contributed by atoms with Crippen LogP contribution in [0.1, 0.15) is 11.6 Å². The Hall–Kier alpha value is -1.72. The molecule has 0 saturated carbocycles. The molecule has 2 heterocycles. The van der Waals surface area contributed by atoms with Crippen LogP contribution in [0.25, 0.3) is 11.4 Å². The van der Waals surface area contributed by atoms with Crippen molar-refractivity contribution in [2.24, 2.45) is 0 Å². The van der Waals surface area contributed by atoms with Crippen molar-refractivity contribution < 1.29 is 4.52 Å². The molecule has 0 spiro atoms. The van der Waals surface area contributed by atoms with Crippen molar-refractivity contribution in [1.29, 1.82) is 0 Å². The lowest BCUT2D eigenvalue weighted by Crippen LogP contribution is -2.42. The molecule has 2 aromatic rings. The molecular weight excluding hydrogens is 216 g/mol. The van der Waals surface area contributed by atoms with Crippen LogP contribution in [-0.2, 0) is 0 Å². The van der Waals surface area contributed by atoms with Crippen LogP contribution >= 0.6 is 0 Å². The number of rotatable bonds is 2. The van der Waals surface area contributed by atoms with Gasteiger partial charge in [0.25, 0.3) is 0 Å². The average molecular weight is 230 g/mol. The molecule has 0 unspecified atom stereocenters. The fraction of sp³-hybridized carbons (Fsp3) is 0.333. The Morgan fingerprint density at radius 2 is 2.06 bits per heavy atom. The van der Waals surface area contributed by atoms with E-state index in [1.54, 1.807) is 0 Å². The van der Waals surface area contributed by atoms with Gasteiger partial charge in [0.05, 0.1) is 0 Å². The van der Waals surface area contributed by atoms with Gasteiger partial charge in [-0.25, -0.2) is 0 Å². The van der Waals surface area contributed by atoms with Gasteiger partial charge in [0.15, 0.2) is 0 Å². The molecular formula is C12H14N4O. The Morgan fingerprint density at radius 1 is 1.18 bits per heavy atom. The highest BCUT2D eigenvalue weighted by molar-refractivity contribution is 5.54. The Bertz CT molecular complexity index is 460. The SMILES string of the molecule is c1nc(-c2ccc([C@H]3CNCCN3)cc2)no1. The highest BCUT2D eigenvalue weighted by Gasteiger charge is 2.14. The Morgan fingerprint density at radius 3 is 2.71 bits per heavy atom. The summed E-state index contributed by atoms with van der Waals surface area (Å²) in [5.74, 6) is 0.631. The molecule has 1 saturated heterocycles. The van der Waals surface area contributed by atoms with E-state index in [9.17, 15) is 0 Å². The van der Waals surface area contributed by atoms with Gasteiger partial charge in [0, 0.05) is 31.2 Å². The van der Waals surface area contributed by atoms with Crippen LogP contribution in [0.3, 0.4) is 0 Å². The quantitative estimate of drug-likeness (QED) is 0.805. The molecule has 1 aliphatic heterocycles. The highest BCUT2D eigenvalue weighted by atomic mass is 16.5. The summed E-state index contributed by atoms with van der Waals surface area (Å²) in [6.07, 6.45) is 1.34. The normalized spacial score (nSPS) is 20.4. The second-order valence-electron chi connectivity index (χ2n) is 4.09. The zero-order chi connectivity index (χ0) is 11.5. The van der Waals surface area contributed by atoms with E-state index in [0.717, 1.165) is 25.2 Å². The van der Waals surface area contributed by atoms with E-state index in [2.05, 4.69) is 32.9 Å². The summed E-state index contributed by atoms with van der Waals surface area (Å²) in [5.41, 5.74) is 2.26. The fourth-order valence-corrected chi connectivity index (χ4v) is 2.05. The van der Waals surface area contributed by atoms with Gasteiger partial charge in [-0.15, -0.1) is 0 Å². The van der Waals surface area contributed by atoms with Gasteiger partial charge in [0.2, 0.25) is 12.2 Å². The van der Waals surface area contributed by atoms with Crippen molar-refractivity contribution in [3.8, 4) is 11.4 Å². The van der Waals surface area contributed by atoms with Gasteiger partial charge in [-0.05, 0) is 5.56 Å². The molecule has 2 N–H and O–H groups in total. The Labute approximate surface area is 99.2 Å². The third kappa shape index (κ3) is 2.20. The van der Waals surface area contributed by atoms with Gasteiger partial charge in [-0.2, -0.15) is 4.98 Å². The molecule has 3 rings (SSSR count). The average Bonchev–Trinajstić information content (AvgIpc) is 2.94. The van der Waals surface area contributed by atoms with Crippen molar-refractivity contribution in [2.45, 2.75) is 6.04 Å². The number of nitrogens with one attached hydrogen (secondary N) is 2. The molecule has 0 radical (unpaired) electrons. The van der Waals surface area contributed by atoms with Crippen LogP contribution in [0.5, 0.6) is 0 Å². The molecule has 0 amide bonds. The number of benzene rings is 1. The van der Waals surface area contributed by atoms with Crippen molar-refractivity contribution in [3.63, 3.8) is 0 Å². The van der Waals surface area contributed by atoms with Crippen LogP contribution in [0.4, 0.5) is 0 Å². The second kappa shape index (κ2) is 4.65. The Kier molecular flexibility index (Phi) is 2.85. The van der Waals surface area contributed by atoms with Crippen molar-refractivity contribution in [3.05, 3.63) is 36.2 Å². The van der Waals surface area contributed by atoms with Crippen molar-refractivity contribution >= 4 is 0 Å². The van der Waals surface area contributed by atoms with E-state index in [1.165, 1.54) is 12.0 Å². The van der Waals surface area contributed by atoms with E-state index in [-0.39, 0.29) is 0 Å². The smallest absolute Gasteiger partial charge is 0.214 e. The first-order valence-electron chi connectivity index (χ1n) is 5.74. The lowest BCUT2D eigenvalue weighted by Gasteiger charge is -2.24. The first-order chi connectivity index (χ1) is 8.43. The van der Waals surface area contributed by atoms with E-state index < -0.39 is 0 Å². The molecule has 88 valence electrons. The first kappa shape index (κ1) is 10.4. The maximum Gasteiger partial charge on any atom is 0.214 e. The molecule has 1 fully saturated rings. The minimum absolute atomic E-state index is 0.392. The standard InChI is InChI=1S/C12H14N4O/c1-3-10(12-15-8-17-16-12)4-2-9(1)11-7-13-5-6-14-11/h1-4,8,11,13-14H,5-7H2/t11-/m1/s1. The van der Waals surface area contributed by atoms with Crippen LogP contribution in [0.15, 0.2) is 35.2 Å². The summed E-state index contributed by atoms with van der Waals surface area (Å²) in [4.78, 5) is 4.02.